The Bertz CT molecular complexity index is 799. The van der Waals surface area contributed by atoms with E-state index in [4.69, 9.17) is 5.11 Å². The van der Waals surface area contributed by atoms with Gasteiger partial charge in [-0.2, -0.15) is 0 Å². The molecule has 0 saturated heterocycles. The predicted octanol–water partition coefficient (Wildman–Crippen LogP) is 2.62. The van der Waals surface area contributed by atoms with Crippen LogP contribution in [0.2, 0.25) is 0 Å². The molecular formula is C18H19FN2O4. The first-order valence-corrected chi connectivity index (χ1v) is 7.91. The molecule has 0 fully saturated rings. The van der Waals surface area contributed by atoms with Gasteiger partial charge in [0.2, 0.25) is 5.91 Å². The molecule has 2 N–H and O–H groups in total. The number of rotatable bonds is 8. The molecule has 132 valence electrons. The largest absolute Gasteiger partial charge is 0.481 e. The Morgan fingerprint density at radius 2 is 1.76 bits per heavy atom. The Morgan fingerprint density at radius 1 is 1.08 bits per heavy atom. The quantitative estimate of drug-likeness (QED) is 0.719. The average Bonchev–Trinajstić information content (AvgIpc) is 2.57. The molecule has 2 aromatic rings. The fourth-order valence-electron chi connectivity index (χ4n) is 2.32. The summed E-state index contributed by atoms with van der Waals surface area (Å²) in [6.07, 6.45) is 2.61. The van der Waals surface area contributed by atoms with Crippen molar-refractivity contribution >= 4 is 17.6 Å². The van der Waals surface area contributed by atoms with Gasteiger partial charge >= 0.3 is 5.97 Å². The Labute approximate surface area is 143 Å². The van der Waals surface area contributed by atoms with Crippen LogP contribution in [0.1, 0.15) is 31.2 Å². The average molecular weight is 346 g/mol. The van der Waals surface area contributed by atoms with Crippen LogP contribution >= 0.6 is 0 Å². The third-order valence-electron chi connectivity index (χ3n) is 3.60. The smallest absolute Gasteiger partial charge is 0.303 e. The third-order valence-corrected chi connectivity index (χ3v) is 3.60. The molecule has 1 amide bonds. The molecule has 1 heterocycles. The summed E-state index contributed by atoms with van der Waals surface area (Å²) in [7, 11) is 0. The molecule has 0 spiro atoms. The highest BCUT2D eigenvalue weighted by molar-refractivity contribution is 5.90. The topological polar surface area (TPSA) is 88.4 Å². The second kappa shape index (κ2) is 8.77. The number of nitrogens with one attached hydrogen (secondary N) is 1. The third kappa shape index (κ3) is 5.87. The fraction of sp³-hybridized carbons (Fsp3) is 0.278. The molecule has 0 saturated carbocycles. The summed E-state index contributed by atoms with van der Waals surface area (Å²) in [6.45, 7) is 0.265. The van der Waals surface area contributed by atoms with Crippen LogP contribution in [-0.2, 0) is 16.1 Å². The summed E-state index contributed by atoms with van der Waals surface area (Å²) in [6, 6.07) is 8.99. The number of hydrogen-bond acceptors (Lipinski definition) is 3. The molecule has 0 radical (unpaired) electrons. The van der Waals surface area contributed by atoms with Crippen molar-refractivity contribution in [1.82, 2.24) is 4.57 Å². The maximum Gasteiger partial charge on any atom is 0.303 e. The minimum absolute atomic E-state index is 0.0170. The van der Waals surface area contributed by atoms with Crippen molar-refractivity contribution in [3.63, 3.8) is 0 Å². The first kappa shape index (κ1) is 18.4. The highest BCUT2D eigenvalue weighted by atomic mass is 19.1. The van der Waals surface area contributed by atoms with Gasteiger partial charge in [0, 0.05) is 19.0 Å². The van der Waals surface area contributed by atoms with Gasteiger partial charge in [0.1, 0.15) is 11.5 Å². The molecule has 0 unspecified atom stereocenters. The van der Waals surface area contributed by atoms with E-state index >= 15 is 0 Å². The zero-order valence-electron chi connectivity index (χ0n) is 13.6. The van der Waals surface area contributed by atoms with E-state index in [1.54, 1.807) is 24.4 Å². The van der Waals surface area contributed by atoms with E-state index in [2.05, 4.69) is 5.32 Å². The summed E-state index contributed by atoms with van der Waals surface area (Å²) in [4.78, 5) is 34.7. The summed E-state index contributed by atoms with van der Waals surface area (Å²) < 4.78 is 14.4. The van der Waals surface area contributed by atoms with Crippen LogP contribution in [0.3, 0.4) is 0 Å². The number of halogens is 1. The normalized spacial score (nSPS) is 10.4. The first-order valence-electron chi connectivity index (χ1n) is 7.91. The number of unbranched alkanes of at least 4 members (excludes halogenated alkanes) is 1. The van der Waals surface area contributed by atoms with Gasteiger partial charge in [0.25, 0.3) is 5.56 Å². The minimum atomic E-state index is -0.896. The first-order chi connectivity index (χ1) is 12.0. The van der Waals surface area contributed by atoms with Crippen LogP contribution < -0.4 is 10.9 Å². The van der Waals surface area contributed by atoms with Crippen LogP contribution in [0.5, 0.6) is 0 Å². The van der Waals surface area contributed by atoms with Crippen LogP contribution in [-0.4, -0.2) is 21.6 Å². The Balaban J connectivity index is 1.98. The molecule has 25 heavy (non-hydrogen) atoms. The summed E-state index contributed by atoms with van der Waals surface area (Å²) in [5.74, 6) is -1.57. The number of hydrogen-bond donors (Lipinski definition) is 2. The van der Waals surface area contributed by atoms with Gasteiger partial charge in [0.15, 0.2) is 0 Å². The lowest BCUT2D eigenvalue weighted by Crippen LogP contribution is -2.25. The number of benzene rings is 1. The van der Waals surface area contributed by atoms with Gasteiger partial charge in [-0.25, -0.2) is 4.39 Å². The van der Waals surface area contributed by atoms with Crippen LogP contribution in [0.4, 0.5) is 10.1 Å². The number of carboxylic acids is 1. The van der Waals surface area contributed by atoms with Crippen LogP contribution in [0, 0.1) is 5.82 Å². The molecule has 7 heteroatoms. The highest BCUT2D eigenvalue weighted by Gasteiger charge is 2.08. The van der Waals surface area contributed by atoms with Gasteiger partial charge in [-0.05, 0) is 42.7 Å². The highest BCUT2D eigenvalue weighted by Crippen LogP contribution is 2.07. The lowest BCUT2D eigenvalue weighted by molar-refractivity contribution is -0.137. The van der Waals surface area contributed by atoms with E-state index in [1.165, 1.54) is 22.8 Å². The van der Waals surface area contributed by atoms with Crippen molar-refractivity contribution in [3.05, 3.63) is 64.3 Å². The molecule has 0 aliphatic rings. The van der Waals surface area contributed by atoms with Crippen molar-refractivity contribution in [1.29, 1.82) is 0 Å². The fourth-order valence-corrected chi connectivity index (χ4v) is 2.32. The SMILES string of the molecule is O=C(O)CCCCC(=O)Nc1cccn(Cc2ccc(F)cc2)c1=O. The van der Waals surface area contributed by atoms with Crippen molar-refractivity contribution in [2.75, 3.05) is 5.32 Å². The lowest BCUT2D eigenvalue weighted by Gasteiger charge is -2.09. The molecule has 0 bridgehead atoms. The second-order valence-electron chi connectivity index (χ2n) is 5.63. The summed E-state index contributed by atoms with van der Waals surface area (Å²) in [5.41, 5.74) is 0.569. The van der Waals surface area contributed by atoms with Gasteiger partial charge in [-0.1, -0.05) is 12.1 Å². The Hall–Kier alpha value is -2.96. The van der Waals surface area contributed by atoms with Crippen molar-refractivity contribution in [2.24, 2.45) is 0 Å². The number of amides is 1. The van der Waals surface area contributed by atoms with Gasteiger partial charge in [-0.15, -0.1) is 0 Å². The van der Waals surface area contributed by atoms with Crippen molar-refractivity contribution in [3.8, 4) is 0 Å². The van der Waals surface area contributed by atoms with Gasteiger partial charge in [0.05, 0.1) is 6.54 Å². The minimum Gasteiger partial charge on any atom is -0.481 e. The number of carbonyl (C=O) groups excluding carboxylic acids is 1. The maximum atomic E-state index is 12.9. The van der Waals surface area contributed by atoms with Crippen molar-refractivity contribution < 1.29 is 19.1 Å². The van der Waals surface area contributed by atoms with Gasteiger partial charge < -0.3 is 15.0 Å². The monoisotopic (exact) mass is 346 g/mol. The van der Waals surface area contributed by atoms with E-state index in [9.17, 15) is 18.8 Å². The molecule has 0 atom stereocenters. The number of nitrogens with zero attached hydrogens (tertiary/aromatic N) is 1. The van der Waals surface area contributed by atoms with E-state index in [1.807, 2.05) is 0 Å². The number of aromatic nitrogens is 1. The zero-order chi connectivity index (χ0) is 18.2. The number of anilines is 1. The molecule has 1 aromatic heterocycles. The standard InChI is InChI=1S/C18H19FN2O4/c19-14-9-7-13(8-10-14)12-21-11-3-4-15(18(21)25)20-16(22)5-1-2-6-17(23)24/h3-4,7-11H,1-2,5-6,12H2,(H,20,22)(H,23,24). The zero-order valence-corrected chi connectivity index (χ0v) is 13.6. The van der Waals surface area contributed by atoms with Crippen LogP contribution in [0.25, 0.3) is 0 Å². The number of pyridine rings is 1. The summed E-state index contributed by atoms with van der Waals surface area (Å²) >= 11 is 0. The Morgan fingerprint density at radius 3 is 2.44 bits per heavy atom. The number of carboxylic acid groups (broad SMARTS) is 1. The molecule has 2 rings (SSSR count). The van der Waals surface area contributed by atoms with E-state index in [-0.39, 0.29) is 42.4 Å². The van der Waals surface area contributed by atoms with E-state index in [0.29, 0.717) is 12.8 Å². The molecule has 6 nitrogen and oxygen atoms in total. The molecule has 0 aliphatic carbocycles. The molecule has 1 aromatic carbocycles. The number of carbonyl (C=O) groups is 2. The van der Waals surface area contributed by atoms with Crippen LogP contribution in [0.15, 0.2) is 47.4 Å². The molecule has 0 aliphatic heterocycles. The predicted molar refractivity (Wildman–Crippen MR) is 90.9 cm³/mol. The summed E-state index contributed by atoms with van der Waals surface area (Å²) in [5, 5.41) is 11.1. The van der Waals surface area contributed by atoms with E-state index in [0.717, 1.165) is 5.56 Å². The number of aliphatic carboxylic acids is 1. The van der Waals surface area contributed by atoms with E-state index < -0.39 is 5.97 Å². The lowest BCUT2D eigenvalue weighted by atomic mass is 10.2. The molecular weight excluding hydrogens is 327 g/mol. The Kier molecular flexibility index (Phi) is 6.45. The van der Waals surface area contributed by atoms with Crippen molar-refractivity contribution in [2.45, 2.75) is 32.2 Å². The van der Waals surface area contributed by atoms with Gasteiger partial charge in [-0.3, -0.25) is 14.4 Å². The maximum absolute atomic E-state index is 12.9. The second-order valence-corrected chi connectivity index (χ2v) is 5.63.